The lowest BCUT2D eigenvalue weighted by molar-refractivity contribution is -0.144. The molecule has 2 amide bonds. The Morgan fingerprint density at radius 3 is 2.25 bits per heavy atom. The van der Waals surface area contributed by atoms with Crippen molar-refractivity contribution in [2.24, 2.45) is 5.92 Å². The van der Waals surface area contributed by atoms with E-state index in [0.717, 1.165) is 22.6 Å². The van der Waals surface area contributed by atoms with Crippen LogP contribution in [0.3, 0.4) is 0 Å². The minimum atomic E-state index is -0.767. The van der Waals surface area contributed by atoms with Gasteiger partial charge in [-0.3, -0.25) is 14.6 Å². The van der Waals surface area contributed by atoms with Crippen LogP contribution in [-0.4, -0.2) is 28.8 Å². The fourth-order valence-electron chi connectivity index (χ4n) is 3.44. The molecule has 0 bridgehead atoms. The number of nitrogens with zero attached hydrogens (tertiary/aromatic N) is 2. The average molecular weight is 432 g/mol. The van der Waals surface area contributed by atoms with Crippen molar-refractivity contribution in [3.63, 3.8) is 0 Å². The number of carbonyl (C=O) groups excluding carboxylic acids is 2. The summed E-state index contributed by atoms with van der Waals surface area (Å²) >= 11 is 0. The van der Waals surface area contributed by atoms with Crippen molar-refractivity contribution in [3.05, 3.63) is 95.8 Å². The van der Waals surface area contributed by atoms with E-state index in [2.05, 4.69) is 10.3 Å². The summed E-state index contributed by atoms with van der Waals surface area (Å²) in [7, 11) is 1.61. The molecule has 0 unspecified atom stereocenters. The van der Waals surface area contributed by atoms with Crippen molar-refractivity contribution in [2.75, 3.05) is 7.11 Å². The topological polar surface area (TPSA) is 71.5 Å². The Morgan fingerprint density at radius 1 is 0.969 bits per heavy atom. The van der Waals surface area contributed by atoms with Crippen molar-refractivity contribution in [1.82, 2.24) is 15.2 Å². The first kappa shape index (κ1) is 23.0. The van der Waals surface area contributed by atoms with Gasteiger partial charge in [-0.25, -0.2) is 0 Å². The minimum Gasteiger partial charge on any atom is -0.497 e. The third-order valence-electron chi connectivity index (χ3n) is 5.13. The van der Waals surface area contributed by atoms with E-state index in [-0.39, 0.29) is 24.3 Å². The summed E-state index contributed by atoms with van der Waals surface area (Å²) in [5.41, 5.74) is 2.43. The Morgan fingerprint density at radius 2 is 1.66 bits per heavy atom. The smallest absolute Gasteiger partial charge is 0.247 e. The van der Waals surface area contributed by atoms with Gasteiger partial charge in [-0.05, 0) is 35.4 Å². The first-order valence-electron chi connectivity index (χ1n) is 10.7. The summed E-state index contributed by atoms with van der Waals surface area (Å²) in [6.07, 6.45) is 1.69. The van der Waals surface area contributed by atoms with E-state index in [0.29, 0.717) is 6.54 Å². The zero-order valence-electron chi connectivity index (χ0n) is 18.7. The van der Waals surface area contributed by atoms with Crippen LogP contribution in [0.4, 0.5) is 0 Å². The molecule has 0 fully saturated rings. The first-order chi connectivity index (χ1) is 15.5. The molecule has 0 aliphatic rings. The molecule has 1 atom stereocenters. The number of hydrogen-bond acceptors (Lipinski definition) is 4. The van der Waals surface area contributed by atoms with E-state index in [9.17, 15) is 9.59 Å². The predicted molar refractivity (Wildman–Crippen MR) is 124 cm³/mol. The maximum absolute atomic E-state index is 13.4. The van der Waals surface area contributed by atoms with Gasteiger partial charge in [0.05, 0.1) is 19.3 Å². The number of aromatic nitrogens is 1. The summed E-state index contributed by atoms with van der Waals surface area (Å²) in [6.45, 7) is 4.28. The summed E-state index contributed by atoms with van der Waals surface area (Å²) in [6, 6.07) is 21.7. The highest BCUT2D eigenvalue weighted by molar-refractivity contribution is 5.89. The summed E-state index contributed by atoms with van der Waals surface area (Å²) in [4.78, 5) is 32.6. The van der Waals surface area contributed by atoms with Crippen LogP contribution in [0.2, 0.25) is 0 Å². The number of methoxy groups -OCH3 is 1. The second-order valence-corrected chi connectivity index (χ2v) is 7.82. The molecule has 6 nitrogen and oxygen atoms in total. The lowest BCUT2D eigenvalue weighted by atomic mass is 10.0. The lowest BCUT2D eigenvalue weighted by Crippen LogP contribution is -2.44. The van der Waals surface area contributed by atoms with E-state index in [4.69, 9.17) is 4.74 Å². The molecular weight excluding hydrogens is 402 g/mol. The molecule has 3 rings (SSSR count). The summed E-state index contributed by atoms with van der Waals surface area (Å²) in [5, 5.41) is 2.96. The molecular formula is C26H29N3O3. The Balaban J connectivity index is 1.92. The monoisotopic (exact) mass is 431 g/mol. The lowest BCUT2D eigenvalue weighted by Gasteiger charge is -2.33. The van der Waals surface area contributed by atoms with E-state index in [1.54, 1.807) is 18.2 Å². The van der Waals surface area contributed by atoms with Gasteiger partial charge < -0.3 is 15.0 Å². The fourth-order valence-corrected chi connectivity index (χ4v) is 3.44. The van der Waals surface area contributed by atoms with Crippen LogP contribution in [0.15, 0.2) is 79.0 Å². The molecule has 3 aromatic rings. The van der Waals surface area contributed by atoms with Gasteiger partial charge in [-0.1, -0.05) is 62.4 Å². The molecule has 1 aromatic heterocycles. The van der Waals surface area contributed by atoms with Crippen LogP contribution in [-0.2, 0) is 22.7 Å². The average Bonchev–Trinajstić information content (AvgIpc) is 2.83. The van der Waals surface area contributed by atoms with Gasteiger partial charge >= 0.3 is 0 Å². The van der Waals surface area contributed by atoms with Gasteiger partial charge in [0.15, 0.2) is 0 Å². The van der Waals surface area contributed by atoms with Crippen LogP contribution in [0.5, 0.6) is 5.75 Å². The molecule has 0 aliphatic heterocycles. The van der Waals surface area contributed by atoms with Crippen LogP contribution >= 0.6 is 0 Å². The standard InChI is InChI=1S/C26H29N3O3/c1-19(2)26(31)29(18-20-12-14-23(32-3)15-13-20)24(21-9-5-4-6-10-21)25(30)28-17-22-11-7-8-16-27-22/h4-16,19,24H,17-18H2,1-3H3,(H,28,30)/t24-/m0/s1. The van der Waals surface area contributed by atoms with Gasteiger partial charge in [0.25, 0.3) is 0 Å². The zero-order valence-corrected chi connectivity index (χ0v) is 18.7. The number of rotatable bonds is 9. The highest BCUT2D eigenvalue weighted by atomic mass is 16.5. The molecule has 1 N–H and O–H groups in total. The van der Waals surface area contributed by atoms with Crippen molar-refractivity contribution in [3.8, 4) is 5.75 Å². The maximum atomic E-state index is 13.4. The number of amides is 2. The molecule has 2 aromatic carbocycles. The Bertz CT molecular complexity index is 1010. The quantitative estimate of drug-likeness (QED) is 0.553. The third kappa shape index (κ3) is 5.94. The van der Waals surface area contributed by atoms with Gasteiger partial charge in [0.2, 0.25) is 11.8 Å². The number of carbonyl (C=O) groups is 2. The normalized spacial score (nSPS) is 11.6. The molecule has 0 spiro atoms. The Labute approximate surface area is 189 Å². The number of benzene rings is 2. The summed E-state index contributed by atoms with van der Waals surface area (Å²) < 4.78 is 5.24. The highest BCUT2D eigenvalue weighted by Crippen LogP contribution is 2.26. The molecule has 0 saturated carbocycles. The Hall–Kier alpha value is -3.67. The zero-order chi connectivity index (χ0) is 22.9. The summed E-state index contributed by atoms with van der Waals surface area (Å²) in [5.74, 6) is 0.137. The Kier molecular flexibility index (Phi) is 7.97. The number of nitrogens with one attached hydrogen (secondary N) is 1. The van der Waals surface area contributed by atoms with E-state index < -0.39 is 6.04 Å². The minimum absolute atomic E-state index is 0.0948. The van der Waals surface area contributed by atoms with E-state index >= 15 is 0 Å². The maximum Gasteiger partial charge on any atom is 0.247 e. The van der Waals surface area contributed by atoms with E-state index in [1.807, 2.05) is 86.6 Å². The first-order valence-corrected chi connectivity index (χ1v) is 10.7. The van der Waals surface area contributed by atoms with Crippen LogP contribution in [0.25, 0.3) is 0 Å². The fraction of sp³-hybridized carbons (Fsp3) is 0.269. The molecule has 32 heavy (non-hydrogen) atoms. The largest absolute Gasteiger partial charge is 0.497 e. The number of pyridine rings is 1. The van der Waals surface area contributed by atoms with Crippen molar-refractivity contribution in [2.45, 2.75) is 33.0 Å². The second-order valence-electron chi connectivity index (χ2n) is 7.82. The van der Waals surface area contributed by atoms with E-state index in [1.165, 1.54) is 0 Å². The number of ether oxygens (including phenoxy) is 1. The van der Waals surface area contributed by atoms with Gasteiger partial charge in [0, 0.05) is 18.7 Å². The molecule has 1 heterocycles. The highest BCUT2D eigenvalue weighted by Gasteiger charge is 2.32. The van der Waals surface area contributed by atoms with Crippen molar-refractivity contribution < 1.29 is 14.3 Å². The van der Waals surface area contributed by atoms with Gasteiger partial charge in [0.1, 0.15) is 11.8 Å². The predicted octanol–water partition coefficient (Wildman–Crippen LogP) is 4.13. The molecule has 6 heteroatoms. The molecule has 0 aliphatic carbocycles. The van der Waals surface area contributed by atoms with Gasteiger partial charge in [-0.2, -0.15) is 0 Å². The SMILES string of the molecule is COc1ccc(CN(C(=O)C(C)C)[C@H](C(=O)NCc2ccccn2)c2ccccc2)cc1. The van der Waals surface area contributed by atoms with Gasteiger partial charge in [-0.15, -0.1) is 0 Å². The molecule has 0 saturated heterocycles. The van der Waals surface area contributed by atoms with Crippen molar-refractivity contribution in [1.29, 1.82) is 0 Å². The number of hydrogen-bond donors (Lipinski definition) is 1. The van der Waals surface area contributed by atoms with Crippen molar-refractivity contribution >= 4 is 11.8 Å². The van der Waals surface area contributed by atoms with Crippen LogP contribution in [0, 0.1) is 5.92 Å². The second kappa shape index (κ2) is 11.1. The third-order valence-corrected chi connectivity index (χ3v) is 5.13. The molecule has 0 radical (unpaired) electrons. The molecule has 166 valence electrons. The van der Waals surface area contributed by atoms with Crippen LogP contribution < -0.4 is 10.1 Å². The van der Waals surface area contributed by atoms with Crippen LogP contribution in [0.1, 0.15) is 36.7 Å².